The molecule has 1 aromatic heterocycles. The van der Waals surface area contributed by atoms with E-state index in [2.05, 4.69) is 9.71 Å². The van der Waals surface area contributed by atoms with Crippen molar-refractivity contribution >= 4 is 21.1 Å². The van der Waals surface area contributed by atoms with E-state index in [1.54, 1.807) is 30.3 Å². The Bertz CT molecular complexity index is 1080. The highest BCUT2D eigenvalue weighted by molar-refractivity contribution is 7.89. The summed E-state index contributed by atoms with van der Waals surface area (Å²) in [5, 5.41) is 0. The van der Waals surface area contributed by atoms with Gasteiger partial charge < -0.3 is 4.42 Å². The lowest BCUT2D eigenvalue weighted by atomic mass is 10.1. The van der Waals surface area contributed by atoms with Crippen LogP contribution in [0.15, 0.2) is 50.5 Å². The van der Waals surface area contributed by atoms with Gasteiger partial charge >= 0.3 is 5.76 Å². The van der Waals surface area contributed by atoms with E-state index in [1.807, 2.05) is 6.07 Å². The fraction of sp³-hybridized carbons (Fsp3) is 0.235. The molecule has 24 heavy (non-hydrogen) atoms. The number of sulfonamides is 1. The first-order valence-corrected chi connectivity index (χ1v) is 9.23. The molecule has 0 amide bonds. The van der Waals surface area contributed by atoms with E-state index in [1.165, 1.54) is 5.56 Å². The molecule has 0 aliphatic heterocycles. The number of rotatable bonds is 4. The number of nitrogens with one attached hydrogen (secondary N) is 2. The number of hydrogen-bond donors (Lipinski definition) is 2. The number of aryl methyl sites for hydroxylation is 2. The second kappa shape index (κ2) is 5.61. The molecule has 0 bridgehead atoms. The molecule has 2 aromatic carbocycles. The van der Waals surface area contributed by atoms with Crippen LogP contribution in [0, 0.1) is 0 Å². The van der Waals surface area contributed by atoms with Crippen LogP contribution in [0.25, 0.3) is 11.1 Å². The molecule has 0 saturated carbocycles. The second-order valence-electron chi connectivity index (χ2n) is 5.95. The summed E-state index contributed by atoms with van der Waals surface area (Å²) in [5.74, 6) is -0.527. The molecule has 0 fully saturated rings. The van der Waals surface area contributed by atoms with Crippen LogP contribution in [0.5, 0.6) is 0 Å². The maximum absolute atomic E-state index is 12.5. The van der Waals surface area contributed by atoms with Gasteiger partial charge in [0.2, 0.25) is 10.0 Å². The van der Waals surface area contributed by atoms with Crippen molar-refractivity contribution in [3.05, 3.63) is 63.6 Å². The van der Waals surface area contributed by atoms with Crippen molar-refractivity contribution in [1.29, 1.82) is 0 Å². The summed E-state index contributed by atoms with van der Waals surface area (Å²) in [7, 11) is -3.57. The summed E-state index contributed by atoms with van der Waals surface area (Å²) in [6, 6.07) is 10.4. The maximum Gasteiger partial charge on any atom is 0.417 e. The number of aromatic amines is 1. The zero-order valence-electron chi connectivity index (χ0n) is 12.8. The minimum absolute atomic E-state index is 0.141. The lowest BCUT2D eigenvalue weighted by Crippen LogP contribution is -2.23. The largest absolute Gasteiger partial charge is 0.417 e. The van der Waals surface area contributed by atoms with Gasteiger partial charge in [-0.2, -0.15) is 0 Å². The van der Waals surface area contributed by atoms with Crippen LogP contribution >= 0.6 is 0 Å². The van der Waals surface area contributed by atoms with E-state index < -0.39 is 15.8 Å². The van der Waals surface area contributed by atoms with Crippen molar-refractivity contribution in [1.82, 2.24) is 9.71 Å². The van der Waals surface area contributed by atoms with Crippen LogP contribution in [0.1, 0.15) is 23.1 Å². The van der Waals surface area contributed by atoms with Crippen LogP contribution in [0.4, 0.5) is 0 Å². The van der Waals surface area contributed by atoms with E-state index >= 15 is 0 Å². The lowest BCUT2D eigenvalue weighted by Gasteiger charge is -2.08. The highest BCUT2D eigenvalue weighted by atomic mass is 32.2. The Balaban J connectivity index is 1.55. The lowest BCUT2D eigenvalue weighted by molar-refractivity contribution is 0.555. The Morgan fingerprint density at radius 2 is 1.92 bits per heavy atom. The van der Waals surface area contributed by atoms with Gasteiger partial charge in [-0.15, -0.1) is 0 Å². The third-order valence-electron chi connectivity index (χ3n) is 4.33. The number of benzene rings is 2. The second-order valence-corrected chi connectivity index (χ2v) is 7.72. The first-order chi connectivity index (χ1) is 11.5. The Morgan fingerprint density at radius 3 is 2.79 bits per heavy atom. The zero-order valence-corrected chi connectivity index (χ0v) is 13.7. The molecule has 2 N–H and O–H groups in total. The highest BCUT2D eigenvalue weighted by Crippen LogP contribution is 2.24. The molecule has 0 saturated heterocycles. The normalized spacial score (nSPS) is 14.2. The number of H-pyrrole nitrogens is 1. The molecule has 0 unspecified atom stereocenters. The average molecular weight is 344 g/mol. The van der Waals surface area contributed by atoms with E-state index in [4.69, 9.17) is 4.42 Å². The quantitative estimate of drug-likeness (QED) is 0.758. The molecule has 0 spiro atoms. The maximum atomic E-state index is 12.5. The molecule has 124 valence electrons. The molecule has 6 nitrogen and oxygen atoms in total. The smallest absolute Gasteiger partial charge is 0.408 e. The van der Waals surface area contributed by atoms with Gasteiger partial charge in [-0.3, -0.25) is 4.98 Å². The number of aromatic nitrogens is 1. The minimum atomic E-state index is -3.57. The monoisotopic (exact) mass is 344 g/mol. The van der Waals surface area contributed by atoms with Crippen LogP contribution < -0.4 is 10.5 Å². The highest BCUT2D eigenvalue weighted by Gasteiger charge is 2.18. The standard InChI is InChI=1S/C17H16N2O4S/c20-17-19-15-8-11(4-7-16(15)23-17)10-18-24(21,22)14-6-5-12-2-1-3-13(12)9-14/h4-9,18H,1-3,10H2,(H,19,20). The van der Waals surface area contributed by atoms with Gasteiger partial charge in [0.25, 0.3) is 0 Å². The van der Waals surface area contributed by atoms with Crippen LogP contribution in [-0.4, -0.2) is 13.4 Å². The van der Waals surface area contributed by atoms with E-state index in [0.717, 1.165) is 30.4 Å². The Hall–Kier alpha value is -2.38. The summed E-state index contributed by atoms with van der Waals surface area (Å²) in [4.78, 5) is 14.0. The summed E-state index contributed by atoms with van der Waals surface area (Å²) in [6.45, 7) is 0.141. The number of fused-ring (bicyclic) bond motifs is 2. The fourth-order valence-corrected chi connectivity index (χ4v) is 4.15. The van der Waals surface area contributed by atoms with Gasteiger partial charge in [0.15, 0.2) is 5.58 Å². The van der Waals surface area contributed by atoms with Crippen molar-refractivity contribution in [2.75, 3.05) is 0 Å². The Morgan fingerprint density at radius 1 is 1.08 bits per heavy atom. The predicted molar refractivity (Wildman–Crippen MR) is 89.3 cm³/mol. The third-order valence-corrected chi connectivity index (χ3v) is 5.73. The van der Waals surface area contributed by atoms with Gasteiger partial charge in [-0.1, -0.05) is 12.1 Å². The van der Waals surface area contributed by atoms with Gasteiger partial charge in [0, 0.05) is 6.54 Å². The third kappa shape index (κ3) is 2.76. The topological polar surface area (TPSA) is 92.2 Å². The molecule has 3 aromatic rings. The van der Waals surface area contributed by atoms with Crippen molar-refractivity contribution in [2.24, 2.45) is 0 Å². The van der Waals surface area contributed by atoms with Gasteiger partial charge in [-0.05, 0) is 60.2 Å². The molecule has 0 radical (unpaired) electrons. The molecular formula is C17H16N2O4S. The van der Waals surface area contributed by atoms with Gasteiger partial charge in [-0.25, -0.2) is 17.9 Å². The van der Waals surface area contributed by atoms with E-state index in [0.29, 0.717) is 16.0 Å². The van der Waals surface area contributed by atoms with E-state index in [9.17, 15) is 13.2 Å². The summed E-state index contributed by atoms with van der Waals surface area (Å²) in [6.07, 6.45) is 3.03. The van der Waals surface area contributed by atoms with Gasteiger partial charge in [0.05, 0.1) is 10.4 Å². The molecule has 0 atom stereocenters. The number of oxazole rings is 1. The molecule has 1 aliphatic rings. The molecule has 4 rings (SSSR count). The molecule has 1 aliphatic carbocycles. The van der Waals surface area contributed by atoms with Crippen molar-refractivity contribution < 1.29 is 12.8 Å². The number of hydrogen-bond acceptors (Lipinski definition) is 4. The Labute approximate surface area is 138 Å². The average Bonchev–Trinajstić information content (AvgIpc) is 3.16. The predicted octanol–water partition coefficient (Wildman–Crippen LogP) is 2.09. The minimum Gasteiger partial charge on any atom is -0.408 e. The van der Waals surface area contributed by atoms with Crippen molar-refractivity contribution in [3.63, 3.8) is 0 Å². The summed E-state index contributed by atoms with van der Waals surface area (Å²) < 4.78 is 32.5. The van der Waals surface area contributed by atoms with Crippen molar-refractivity contribution in [3.8, 4) is 0 Å². The van der Waals surface area contributed by atoms with E-state index in [-0.39, 0.29) is 6.54 Å². The first kappa shape index (κ1) is 15.2. The zero-order chi connectivity index (χ0) is 16.7. The van der Waals surface area contributed by atoms with Crippen LogP contribution in [0.3, 0.4) is 0 Å². The molecule has 7 heteroatoms. The van der Waals surface area contributed by atoms with Crippen LogP contribution in [-0.2, 0) is 29.4 Å². The molecular weight excluding hydrogens is 328 g/mol. The molecule has 1 heterocycles. The van der Waals surface area contributed by atoms with Crippen LogP contribution in [0.2, 0.25) is 0 Å². The first-order valence-electron chi connectivity index (χ1n) is 7.74. The Kier molecular flexibility index (Phi) is 3.54. The fourth-order valence-electron chi connectivity index (χ4n) is 3.09. The SMILES string of the molecule is O=c1[nH]c2cc(CNS(=O)(=O)c3ccc4c(c3)CCC4)ccc2o1. The summed E-state index contributed by atoms with van der Waals surface area (Å²) in [5.41, 5.74) is 4.10. The van der Waals surface area contributed by atoms with Crippen molar-refractivity contribution in [2.45, 2.75) is 30.7 Å². The summed E-state index contributed by atoms with van der Waals surface area (Å²) >= 11 is 0. The van der Waals surface area contributed by atoms with Gasteiger partial charge in [0.1, 0.15) is 0 Å².